The van der Waals surface area contributed by atoms with Gasteiger partial charge in [-0.05, 0) is 54.9 Å². The summed E-state index contributed by atoms with van der Waals surface area (Å²) in [5, 5.41) is 6.81. The Labute approximate surface area is 181 Å². The third-order valence-electron chi connectivity index (χ3n) is 4.93. The van der Waals surface area contributed by atoms with Crippen molar-refractivity contribution in [3.8, 4) is 5.88 Å². The number of benzene rings is 1. The molecule has 1 aromatic heterocycles. The van der Waals surface area contributed by atoms with Crippen molar-refractivity contribution in [3.05, 3.63) is 59.5 Å². The number of halogens is 1. The van der Waals surface area contributed by atoms with Gasteiger partial charge in [0, 0.05) is 38.2 Å². The molecule has 1 aromatic carbocycles. The topological polar surface area (TPSA) is 82.0 Å². The third kappa shape index (κ3) is 8.72. The number of carbonyl (C=O) groups excluding carboxylic acids is 1. The first-order valence-corrected chi connectivity index (χ1v) is 10.5. The van der Waals surface area contributed by atoms with Gasteiger partial charge in [0.1, 0.15) is 12.4 Å². The van der Waals surface area contributed by atoms with Crippen LogP contribution in [0.1, 0.15) is 30.4 Å². The second-order valence-electron chi connectivity index (χ2n) is 7.38. The standard InChI is InChI=1S/C23H28FN3O4/c24-21-6-3-20(4-7-21)16-31-27-11-1-2-18-5-8-23(26-15-18)30-17-22(28)25-14-19-9-12-29-13-10-19/h3-8,11,15,19H,1-2,9-10,12-14,16-17H2,(H,25,28). The quantitative estimate of drug-likeness (QED) is 0.438. The third-order valence-corrected chi connectivity index (χ3v) is 4.93. The van der Waals surface area contributed by atoms with E-state index in [1.807, 2.05) is 6.07 Å². The van der Waals surface area contributed by atoms with E-state index in [1.165, 1.54) is 12.1 Å². The van der Waals surface area contributed by atoms with Crippen LogP contribution in [0.15, 0.2) is 47.8 Å². The Balaban J connectivity index is 1.27. The van der Waals surface area contributed by atoms with Crippen LogP contribution >= 0.6 is 0 Å². The van der Waals surface area contributed by atoms with Gasteiger partial charge in [-0.1, -0.05) is 23.4 Å². The fourth-order valence-corrected chi connectivity index (χ4v) is 3.07. The van der Waals surface area contributed by atoms with Gasteiger partial charge in [-0.2, -0.15) is 0 Å². The van der Waals surface area contributed by atoms with Gasteiger partial charge in [-0.3, -0.25) is 4.79 Å². The maximum absolute atomic E-state index is 12.8. The minimum absolute atomic E-state index is 0.0480. The molecule has 0 atom stereocenters. The van der Waals surface area contributed by atoms with E-state index in [0.29, 0.717) is 31.4 Å². The number of hydrogen-bond acceptors (Lipinski definition) is 6. The summed E-state index contributed by atoms with van der Waals surface area (Å²) in [4.78, 5) is 21.4. The summed E-state index contributed by atoms with van der Waals surface area (Å²) < 4.78 is 23.6. The van der Waals surface area contributed by atoms with Gasteiger partial charge in [-0.25, -0.2) is 9.37 Å². The van der Waals surface area contributed by atoms with Gasteiger partial charge in [0.2, 0.25) is 5.88 Å². The molecule has 31 heavy (non-hydrogen) atoms. The van der Waals surface area contributed by atoms with Crippen molar-refractivity contribution >= 4 is 12.1 Å². The Morgan fingerprint density at radius 3 is 2.71 bits per heavy atom. The lowest BCUT2D eigenvalue weighted by Gasteiger charge is -2.22. The van der Waals surface area contributed by atoms with Crippen molar-refractivity contribution in [2.24, 2.45) is 11.1 Å². The van der Waals surface area contributed by atoms with Crippen LogP contribution in [0.4, 0.5) is 4.39 Å². The van der Waals surface area contributed by atoms with E-state index in [1.54, 1.807) is 30.6 Å². The highest BCUT2D eigenvalue weighted by atomic mass is 19.1. The van der Waals surface area contributed by atoms with Crippen molar-refractivity contribution in [1.29, 1.82) is 0 Å². The summed E-state index contributed by atoms with van der Waals surface area (Å²) in [7, 11) is 0. The lowest BCUT2D eigenvalue weighted by Crippen LogP contribution is -2.35. The molecule has 2 aromatic rings. The number of oxime groups is 1. The zero-order valence-corrected chi connectivity index (χ0v) is 17.5. The molecule has 1 aliphatic heterocycles. The zero-order valence-electron chi connectivity index (χ0n) is 17.5. The van der Waals surface area contributed by atoms with Gasteiger partial charge >= 0.3 is 0 Å². The number of nitrogens with one attached hydrogen (secondary N) is 1. The molecule has 3 rings (SSSR count). The molecular weight excluding hydrogens is 401 g/mol. The van der Waals surface area contributed by atoms with Gasteiger partial charge in [0.25, 0.3) is 5.91 Å². The van der Waals surface area contributed by atoms with E-state index in [4.69, 9.17) is 14.3 Å². The number of carbonyl (C=O) groups is 1. The Morgan fingerprint density at radius 1 is 1.19 bits per heavy atom. The number of aryl methyl sites for hydroxylation is 1. The smallest absolute Gasteiger partial charge is 0.258 e. The van der Waals surface area contributed by atoms with E-state index in [0.717, 1.165) is 43.6 Å². The zero-order chi connectivity index (χ0) is 21.7. The van der Waals surface area contributed by atoms with Gasteiger partial charge < -0.3 is 19.6 Å². The number of rotatable bonds is 11. The molecule has 1 saturated heterocycles. The molecule has 8 heteroatoms. The molecule has 0 spiro atoms. The van der Waals surface area contributed by atoms with Crippen LogP contribution in [-0.4, -0.2) is 43.5 Å². The Bertz CT molecular complexity index is 822. The molecule has 0 bridgehead atoms. The number of hydrogen-bond donors (Lipinski definition) is 1. The maximum atomic E-state index is 12.8. The van der Waals surface area contributed by atoms with Crippen molar-refractivity contribution in [1.82, 2.24) is 10.3 Å². The first-order chi connectivity index (χ1) is 15.2. The predicted molar refractivity (Wildman–Crippen MR) is 114 cm³/mol. The highest BCUT2D eigenvalue weighted by molar-refractivity contribution is 5.77. The van der Waals surface area contributed by atoms with E-state index >= 15 is 0 Å². The number of amides is 1. The lowest BCUT2D eigenvalue weighted by atomic mass is 10.0. The van der Waals surface area contributed by atoms with Crippen LogP contribution in [-0.2, 0) is 27.4 Å². The summed E-state index contributed by atoms with van der Waals surface area (Å²) >= 11 is 0. The van der Waals surface area contributed by atoms with E-state index in [-0.39, 0.29) is 18.3 Å². The predicted octanol–water partition coefficient (Wildman–Crippen LogP) is 3.28. The maximum Gasteiger partial charge on any atom is 0.258 e. The van der Waals surface area contributed by atoms with Crippen LogP contribution < -0.4 is 10.1 Å². The average Bonchev–Trinajstić information content (AvgIpc) is 2.81. The van der Waals surface area contributed by atoms with E-state index in [9.17, 15) is 9.18 Å². The fraction of sp³-hybridized carbons (Fsp3) is 0.435. The lowest BCUT2D eigenvalue weighted by molar-refractivity contribution is -0.123. The van der Waals surface area contributed by atoms with Gasteiger partial charge in [-0.15, -0.1) is 0 Å². The second kappa shape index (κ2) is 12.6. The van der Waals surface area contributed by atoms with Gasteiger partial charge in [0.05, 0.1) is 0 Å². The second-order valence-corrected chi connectivity index (χ2v) is 7.38. The normalized spacial score (nSPS) is 14.5. The number of ether oxygens (including phenoxy) is 2. The molecule has 2 heterocycles. The number of pyridine rings is 1. The highest BCUT2D eigenvalue weighted by Crippen LogP contribution is 2.13. The largest absolute Gasteiger partial charge is 0.468 e. The molecule has 166 valence electrons. The monoisotopic (exact) mass is 429 g/mol. The molecule has 0 unspecified atom stereocenters. The summed E-state index contributed by atoms with van der Waals surface area (Å²) in [6.07, 6.45) is 6.83. The molecule has 0 aliphatic carbocycles. The number of nitrogens with zero attached hydrogens (tertiary/aromatic N) is 2. The van der Waals surface area contributed by atoms with Crippen molar-refractivity contribution in [2.75, 3.05) is 26.4 Å². The van der Waals surface area contributed by atoms with Crippen LogP contribution in [0.2, 0.25) is 0 Å². The molecular formula is C23H28FN3O4. The minimum atomic E-state index is -0.272. The first kappa shape index (κ1) is 22.7. The van der Waals surface area contributed by atoms with Gasteiger partial charge in [0.15, 0.2) is 6.61 Å². The SMILES string of the molecule is O=C(COc1ccc(CCC=NOCc2ccc(F)cc2)cn1)NCC1CCOCC1. The fourth-order valence-electron chi connectivity index (χ4n) is 3.07. The Kier molecular flexibility index (Phi) is 9.25. The molecule has 7 nitrogen and oxygen atoms in total. The summed E-state index contributed by atoms with van der Waals surface area (Å²) in [5.41, 5.74) is 1.89. The highest BCUT2D eigenvalue weighted by Gasteiger charge is 2.14. The molecule has 1 fully saturated rings. The van der Waals surface area contributed by atoms with Crippen molar-refractivity contribution in [3.63, 3.8) is 0 Å². The van der Waals surface area contributed by atoms with Crippen molar-refractivity contribution < 1.29 is 23.5 Å². The van der Waals surface area contributed by atoms with Crippen LogP contribution in [0.25, 0.3) is 0 Å². The van der Waals surface area contributed by atoms with Crippen LogP contribution in [0, 0.1) is 11.7 Å². The van der Waals surface area contributed by atoms with Crippen LogP contribution in [0.3, 0.4) is 0 Å². The Morgan fingerprint density at radius 2 is 1.97 bits per heavy atom. The first-order valence-electron chi connectivity index (χ1n) is 10.5. The summed E-state index contributed by atoms with van der Waals surface area (Å²) in [6.45, 7) is 2.44. The molecule has 0 saturated carbocycles. The average molecular weight is 429 g/mol. The Hall–Kier alpha value is -3.00. The molecule has 1 amide bonds. The summed E-state index contributed by atoms with van der Waals surface area (Å²) in [5.74, 6) is 0.480. The van der Waals surface area contributed by atoms with Crippen molar-refractivity contribution in [2.45, 2.75) is 32.3 Å². The van der Waals surface area contributed by atoms with E-state index < -0.39 is 0 Å². The van der Waals surface area contributed by atoms with E-state index in [2.05, 4.69) is 15.5 Å². The molecule has 1 N–H and O–H groups in total. The van der Waals surface area contributed by atoms with Crippen LogP contribution in [0.5, 0.6) is 5.88 Å². The molecule has 0 radical (unpaired) electrons. The minimum Gasteiger partial charge on any atom is -0.468 e. The summed E-state index contributed by atoms with van der Waals surface area (Å²) in [6, 6.07) is 9.77. The molecule has 1 aliphatic rings. The number of aromatic nitrogens is 1.